The smallest absolute Gasteiger partial charge is 0.410 e. The normalized spacial score (nSPS) is 15.2. The largest absolute Gasteiger partial charge is 0.493 e. The predicted molar refractivity (Wildman–Crippen MR) is 176 cm³/mol. The summed E-state index contributed by atoms with van der Waals surface area (Å²) in [6.07, 6.45) is 6.46. The van der Waals surface area contributed by atoms with Gasteiger partial charge in [-0.05, 0) is 111 Å². The van der Waals surface area contributed by atoms with Crippen molar-refractivity contribution in [2.45, 2.75) is 71.6 Å². The Morgan fingerprint density at radius 1 is 0.978 bits per heavy atom. The summed E-state index contributed by atoms with van der Waals surface area (Å²) in [7, 11) is 1.69. The minimum atomic E-state index is -0.626. The Morgan fingerprint density at radius 3 is 2.44 bits per heavy atom. The molecule has 2 aliphatic rings. The molecule has 2 amide bonds. The lowest BCUT2D eigenvalue weighted by atomic mass is 9.90. The monoisotopic (exact) mass is 611 g/mol. The number of aryl methyl sites for hydroxylation is 1. The Labute approximate surface area is 267 Å². The topological polar surface area (TPSA) is 81.2 Å². The molecule has 2 heterocycles. The van der Waals surface area contributed by atoms with Crippen molar-refractivity contribution in [3.63, 3.8) is 0 Å². The second-order valence-electron chi connectivity index (χ2n) is 12.9. The van der Waals surface area contributed by atoms with Crippen LogP contribution in [0.2, 0.25) is 0 Å². The van der Waals surface area contributed by atoms with Crippen LogP contribution in [0.1, 0.15) is 63.1 Å². The third-order valence-corrected chi connectivity index (χ3v) is 7.95. The van der Waals surface area contributed by atoms with Gasteiger partial charge in [0.15, 0.2) is 0 Å². The number of carbonyl (C=O) groups is 2. The summed E-state index contributed by atoms with van der Waals surface area (Å²) in [5, 5.41) is 0. The van der Waals surface area contributed by atoms with Crippen LogP contribution in [0.25, 0.3) is 16.7 Å². The molecule has 1 aliphatic heterocycles. The predicted octanol–water partition coefficient (Wildman–Crippen LogP) is 7.06. The van der Waals surface area contributed by atoms with E-state index in [1.807, 2.05) is 62.9 Å². The van der Waals surface area contributed by atoms with Crippen molar-refractivity contribution in [1.29, 1.82) is 0 Å². The molecule has 0 atom stereocenters. The van der Waals surface area contributed by atoms with E-state index < -0.39 is 11.7 Å². The van der Waals surface area contributed by atoms with Crippen LogP contribution < -0.4 is 4.74 Å². The molecule has 1 aromatic heterocycles. The minimum Gasteiger partial charge on any atom is -0.493 e. The molecule has 1 fully saturated rings. The molecular weight excluding hydrogens is 566 g/mol. The lowest BCUT2D eigenvalue weighted by molar-refractivity contribution is -0.128. The van der Waals surface area contributed by atoms with Crippen molar-refractivity contribution in [2.75, 3.05) is 33.4 Å². The van der Waals surface area contributed by atoms with Gasteiger partial charge in [-0.1, -0.05) is 24.3 Å². The fourth-order valence-electron chi connectivity index (χ4n) is 5.71. The number of nitrogens with zero attached hydrogens (tertiary/aromatic N) is 3. The zero-order valence-electron chi connectivity index (χ0n) is 27.2. The van der Waals surface area contributed by atoms with Crippen molar-refractivity contribution in [1.82, 2.24) is 14.8 Å². The van der Waals surface area contributed by atoms with E-state index in [0.717, 1.165) is 58.4 Å². The van der Waals surface area contributed by atoms with E-state index in [4.69, 9.17) is 14.2 Å². The van der Waals surface area contributed by atoms with Gasteiger partial charge >= 0.3 is 6.09 Å². The van der Waals surface area contributed by atoms with Crippen LogP contribution in [0.4, 0.5) is 4.79 Å². The van der Waals surface area contributed by atoms with Crippen molar-refractivity contribution in [3.8, 4) is 16.9 Å². The summed E-state index contributed by atoms with van der Waals surface area (Å²) in [6, 6.07) is 18.6. The molecule has 2 aromatic carbocycles. The number of ether oxygens (including phenoxy) is 3. The maximum absolute atomic E-state index is 14.6. The third-order valence-electron chi connectivity index (χ3n) is 7.95. The van der Waals surface area contributed by atoms with E-state index in [1.165, 1.54) is 0 Å². The molecule has 1 aliphatic carbocycles. The molecule has 238 valence electrons. The van der Waals surface area contributed by atoms with E-state index >= 15 is 0 Å². The number of hydrogen-bond acceptors (Lipinski definition) is 6. The summed E-state index contributed by atoms with van der Waals surface area (Å²) < 4.78 is 16.9. The first-order chi connectivity index (χ1) is 21.6. The number of carbonyl (C=O) groups excluding carboxylic acids is 2. The Bertz CT molecular complexity index is 1520. The first-order valence-corrected chi connectivity index (χ1v) is 15.9. The molecule has 1 saturated carbocycles. The minimum absolute atomic E-state index is 0.0286. The van der Waals surface area contributed by atoms with Gasteiger partial charge in [-0.3, -0.25) is 9.78 Å². The molecule has 8 nitrogen and oxygen atoms in total. The van der Waals surface area contributed by atoms with Gasteiger partial charge in [-0.15, -0.1) is 0 Å². The maximum Gasteiger partial charge on any atom is 0.410 e. The fourth-order valence-corrected chi connectivity index (χ4v) is 5.71. The highest BCUT2D eigenvalue weighted by Gasteiger charge is 2.38. The van der Waals surface area contributed by atoms with E-state index in [-0.39, 0.29) is 18.5 Å². The molecule has 45 heavy (non-hydrogen) atoms. The van der Waals surface area contributed by atoms with Crippen molar-refractivity contribution < 1.29 is 23.8 Å². The van der Waals surface area contributed by atoms with E-state index in [1.54, 1.807) is 24.4 Å². The Morgan fingerprint density at radius 2 is 1.73 bits per heavy atom. The van der Waals surface area contributed by atoms with Crippen LogP contribution in [-0.4, -0.2) is 71.8 Å². The summed E-state index contributed by atoms with van der Waals surface area (Å²) in [4.78, 5) is 35.6. The van der Waals surface area contributed by atoms with E-state index in [0.29, 0.717) is 38.3 Å². The summed E-state index contributed by atoms with van der Waals surface area (Å²) >= 11 is 0. The maximum atomic E-state index is 14.6. The lowest BCUT2D eigenvalue weighted by Gasteiger charge is -2.34. The van der Waals surface area contributed by atoms with Crippen LogP contribution in [0.5, 0.6) is 5.75 Å². The van der Waals surface area contributed by atoms with Crippen LogP contribution in [0, 0.1) is 6.92 Å². The van der Waals surface area contributed by atoms with Gasteiger partial charge in [0.25, 0.3) is 5.91 Å². The summed E-state index contributed by atoms with van der Waals surface area (Å²) in [5.41, 5.74) is 6.22. The molecule has 5 rings (SSSR count). The van der Waals surface area contributed by atoms with Crippen LogP contribution in [0.15, 0.2) is 72.6 Å². The Kier molecular flexibility index (Phi) is 10.2. The molecule has 0 radical (unpaired) electrons. The molecule has 0 N–H and O–H groups in total. The molecule has 8 heteroatoms. The summed E-state index contributed by atoms with van der Waals surface area (Å²) in [6.45, 7) is 9.99. The SMILES string of the molecule is COCCCOc1cc(C)cc(CN(C(=O)C2=C(c3cccc(-c4ccncc4)c3)CCN(C(=O)OC(C)(C)C)C2)C2CC2)c1. The Hall–Kier alpha value is -4.17. The van der Waals surface area contributed by atoms with Crippen LogP contribution >= 0.6 is 0 Å². The number of aromatic nitrogens is 1. The number of pyridine rings is 1. The van der Waals surface area contributed by atoms with Gasteiger partial charge in [0.05, 0.1) is 13.2 Å². The number of methoxy groups -OCH3 is 1. The highest BCUT2D eigenvalue weighted by molar-refractivity contribution is 6.03. The quantitative estimate of drug-likeness (QED) is 0.216. The number of hydrogen-bond donors (Lipinski definition) is 0. The van der Waals surface area contributed by atoms with Gasteiger partial charge in [0, 0.05) is 57.2 Å². The van der Waals surface area contributed by atoms with Gasteiger partial charge in [0.1, 0.15) is 11.4 Å². The van der Waals surface area contributed by atoms with Gasteiger partial charge in [-0.25, -0.2) is 4.79 Å². The second-order valence-corrected chi connectivity index (χ2v) is 12.9. The number of benzene rings is 2. The highest BCUT2D eigenvalue weighted by Crippen LogP contribution is 2.36. The average Bonchev–Trinajstić information content (AvgIpc) is 3.86. The molecule has 0 bridgehead atoms. The zero-order valence-corrected chi connectivity index (χ0v) is 27.2. The molecule has 0 unspecified atom stereocenters. The number of amides is 2. The van der Waals surface area contributed by atoms with Gasteiger partial charge in [-0.2, -0.15) is 0 Å². The standard InChI is InChI=1S/C37H45N3O5/c1-26-20-27(22-32(21-26)44-19-7-18-43-5)24-40(31-10-11-31)35(41)34-25-39(36(42)45-37(2,3)4)17-14-33(34)30-9-6-8-29(23-30)28-12-15-38-16-13-28/h6,8-9,12-13,15-16,20-23,31H,7,10-11,14,17-19,24-25H2,1-5H3. The molecule has 3 aromatic rings. The molecule has 0 saturated heterocycles. The van der Waals surface area contributed by atoms with Crippen LogP contribution in [0.3, 0.4) is 0 Å². The van der Waals surface area contributed by atoms with Crippen LogP contribution in [-0.2, 0) is 20.8 Å². The average molecular weight is 612 g/mol. The second kappa shape index (κ2) is 14.3. The highest BCUT2D eigenvalue weighted by atomic mass is 16.6. The molecular formula is C37H45N3O5. The zero-order chi connectivity index (χ0) is 32.0. The van der Waals surface area contributed by atoms with E-state index in [9.17, 15) is 9.59 Å². The Balaban J connectivity index is 1.47. The number of rotatable bonds is 11. The fraction of sp³-hybridized carbons (Fsp3) is 0.432. The van der Waals surface area contributed by atoms with Gasteiger partial charge < -0.3 is 24.0 Å². The van der Waals surface area contributed by atoms with E-state index in [2.05, 4.69) is 29.2 Å². The van der Waals surface area contributed by atoms with Crippen molar-refractivity contribution in [2.24, 2.45) is 0 Å². The first kappa shape index (κ1) is 32.2. The van der Waals surface area contributed by atoms with Crippen molar-refractivity contribution in [3.05, 3.63) is 89.3 Å². The van der Waals surface area contributed by atoms with Gasteiger partial charge in [0.2, 0.25) is 0 Å². The summed E-state index contributed by atoms with van der Waals surface area (Å²) in [5.74, 6) is 0.769. The lowest BCUT2D eigenvalue weighted by Crippen LogP contribution is -2.44. The molecule has 0 spiro atoms. The first-order valence-electron chi connectivity index (χ1n) is 15.9. The van der Waals surface area contributed by atoms with Crippen molar-refractivity contribution >= 4 is 17.6 Å². The third kappa shape index (κ3) is 8.72.